The van der Waals surface area contributed by atoms with Crippen LogP contribution in [0, 0.1) is 11.3 Å². The standard InChI is InChI=1S/C14H18F3N3/c1-3-20(4-2)8-7-19-13-6-5-11(10-18)9-12(13)14(15,16)17/h5-6,9,19H,3-4,7-8H2,1-2H3. The Morgan fingerprint density at radius 2 is 1.90 bits per heavy atom. The summed E-state index contributed by atoms with van der Waals surface area (Å²) in [5, 5.41) is 11.5. The SMILES string of the molecule is CCN(CC)CCNc1ccc(C#N)cc1C(F)(F)F. The van der Waals surface area contributed by atoms with E-state index in [0.717, 1.165) is 19.2 Å². The van der Waals surface area contributed by atoms with Gasteiger partial charge in [-0.05, 0) is 31.3 Å². The van der Waals surface area contributed by atoms with E-state index in [1.54, 1.807) is 6.07 Å². The second kappa shape index (κ2) is 7.15. The van der Waals surface area contributed by atoms with E-state index in [1.165, 1.54) is 12.1 Å². The van der Waals surface area contributed by atoms with Gasteiger partial charge in [-0.15, -0.1) is 0 Å². The van der Waals surface area contributed by atoms with Gasteiger partial charge in [-0.2, -0.15) is 18.4 Å². The highest BCUT2D eigenvalue weighted by atomic mass is 19.4. The van der Waals surface area contributed by atoms with Gasteiger partial charge in [0.25, 0.3) is 0 Å². The molecule has 20 heavy (non-hydrogen) atoms. The van der Waals surface area contributed by atoms with Crippen molar-refractivity contribution in [1.29, 1.82) is 5.26 Å². The monoisotopic (exact) mass is 285 g/mol. The van der Waals surface area contributed by atoms with Gasteiger partial charge >= 0.3 is 6.18 Å². The Hall–Kier alpha value is -1.74. The molecule has 3 nitrogen and oxygen atoms in total. The number of hydrogen-bond acceptors (Lipinski definition) is 3. The highest BCUT2D eigenvalue weighted by molar-refractivity contribution is 5.56. The van der Waals surface area contributed by atoms with Crippen LogP contribution in [0.25, 0.3) is 0 Å². The van der Waals surface area contributed by atoms with Crippen LogP contribution in [0.4, 0.5) is 18.9 Å². The van der Waals surface area contributed by atoms with Gasteiger partial charge in [-0.25, -0.2) is 0 Å². The van der Waals surface area contributed by atoms with E-state index in [0.29, 0.717) is 13.1 Å². The first-order chi connectivity index (χ1) is 9.42. The van der Waals surface area contributed by atoms with Gasteiger partial charge < -0.3 is 10.2 Å². The number of halogens is 3. The van der Waals surface area contributed by atoms with E-state index in [-0.39, 0.29) is 11.3 Å². The molecule has 0 fully saturated rings. The van der Waals surface area contributed by atoms with Gasteiger partial charge in [0.1, 0.15) is 0 Å². The first-order valence-corrected chi connectivity index (χ1v) is 6.50. The number of rotatable bonds is 6. The molecule has 6 heteroatoms. The predicted molar refractivity (Wildman–Crippen MR) is 72.4 cm³/mol. The molecule has 0 unspecified atom stereocenters. The number of hydrogen-bond donors (Lipinski definition) is 1. The van der Waals surface area contributed by atoms with E-state index in [9.17, 15) is 13.2 Å². The van der Waals surface area contributed by atoms with Crippen molar-refractivity contribution >= 4 is 5.69 Å². The molecule has 0 atom stereocenters. The molecule has 0 aliphatic rings. The van der Waals surface area contributed by atoms with Crippen LogP contribution in [0.2, 0.25) is 0 Å². The first kappa shape index (κ1) is 16.3. The van der Waals surface area contributed by atoms with Crippen molar-refractivity contribution in [3.8, 4) is 6.07 Å². The van der Waals surface area contributed by atoms with Crippen molar-refractivity contribution in [1.82, 2.24) is 4.90 Å². The van der Waals surface area contributed by atoms with Crippen LogP contribution in [-0.4, -0.2) is 31.1 Å². The Bertz CT molecular complexity index is 474. The molecule has 1 aromatic carbocycles. The van der Waals surface area contributed by atoms with Crippen molar-refractivity contribution in [2.24, 2.45) is 0 Å². The largest absolute Gasteiger partial charge is 0.418 e. The Balaban J connectivity index is 2.82. The molecule has 1 aromatic rings. The Labute approximate surface area is 117 Å². The number of nitriles is 1. The van der Waals surface area contributed by atoms with Crippen LogP contribution in [0.15, 0.2) is 18.2 Å². The molecule has 1 rings (SSSR count). The lowest BCUT2D eigenvalue weighted by molar-refractivity contribution is -0.137. The first-order valence-electron chi connectivity index (χ1n) is 6.50. The van der Waals surface area contributed by atoms with Crippen LogP contribution in [0.5, 0.6) is 0 Å². The number of benzene rings is 1. The van der Waals surface area contributed by atoms with E-state index in [4.69, 9.17) is 5.26 Å². The lowest BCUT2D eigenvalue weighted by Crippen LogP contribution is -2.29. The van der Waals surface area contributed by atoms with Gasteiger partial charge in [0.2, 0.25) is 0 Å². The fourth-order valence-electron chi connectivity index (χ4n) is 1.89. The van der Waals surface area contributed by atoms with Crippen LogP contribution in [0.1, 0.15) is 25.0 Å². The average molecular weight is 285 g/mol. The van der Waals surface area contributed by atoms with Crippen molar-refractivity contribution in [2.45, 2.75) is 20.0 Å². The third-order valence-corrected chi connectivity index (χ3v) is 3.09. The van der Waals surface area contributed by atoms with Crippen molar-refractivity contribution in [3.63, 3.8) is 0 Å². The maximum atomic E-state index is 12.9. The molecular formula is C14H18F3N3. The molecule has 0 radical (unpaired) electrons. The number of nitrogens with one attached hydrogen (secondary N) is 1. The predicted octanol–water partition coefficient (Wildman–Crippen LogP) is 3.33. The molecule has 0 bridgehead atoms. The summed E-state index contributed by atoms with van der Waals surface area (Å²) in [6.07, 6.45) is -4.47. The van der Waals surface area contributed by atoms with Crippen molar-refractivity contribution in [2.75, 3.05) is 31.5 Å². The summed E-state index contributed by atoms with van der Waals surface area (Å²) < 4.78 is 38.8. The highest BCUT2D eigenvalue weighted by Crippen LogP contribution is 2.35. The van der Waals surface area contributed by atoms with Crippen LogP contribution >= 0.6 is 0 Å². The third kappa shape index (κ3) is 4.42. The number of alkyl halides is 3. The summed E-state index contributed by atoms with van der Waals surface area (Å²) >= 11 is 0. The highest BCUT2D eigenvalue weighted by Gasteiger charge is 2.33. The molecule has 0 heterocycles. The summed E-state index contributed by atoms with van der Waals surface area (Å²) in [5.41, 5.74) is -0.772. The summed E-state index contributed by atoms with van der Waals surface area (Å²) in [6, 6.07) is 5.29. The van der Waals surface area contributed by atoms with E-state index < -0.39 is 11.7 Å². The number of likely N-dealkylation sites (N-methyl/N-ethyl adjacent to an activating group) is 1. The fraction of sp³-hybridized carbons (Fsp3) is 0.500. The molecule has 0 saturated heterocycles. The Kier molecular flexibility index (Phi) is 5.83. The molecule has 1 N–H and O–H groups in total. The van der Waals surface area contributed by atoms with Gasteiger partial charge in [0.15, 0.2) is 0 Å². The van der Waals surface area contributed by atoms with Crippen LogP contribution < -0.4 is 5.32 Å². The van der Waals surface area contributed by atoms with Crippen molar-refractivity contribution in [3.05, 3.63) is 29.3 Å². The van der Waals surface area contributed by atoms with E-state index >= 15 is 0 Å². The summed E-state index contributed by atoms with van der Waals surface area (Å²) in [6.45, 7) is 6.83. The molecule has 0 aromatic heterocycles. The fourth-order valence-corrected chi connectivity index (χ4v) is 1.89. The second-order valence-corrected chi connectivity index (χ2v) is 4.32. The number of nitrogens with zero attached hydrogens (tertiary/aromatic N) is 2. The maximum absolute atomic E-state index is 12.9. The quantitative estimate of drug-likeness (QED) is 0.871. The minimum atomic E-state index is -4.47. The molecule has 0 aliphatic carbocycles. The molecule has 0 saturated carbocycles. The summed E-state index contributed by atoms with van der Waals surface area (Å²) in [7, 11) is 0. The summed E-state index contributed by atoms with van der Waals surface area (Å²) in [4.78, 5) is 2.11. The zero-order valence-corrected chi connectivity index (χ0v) is 11.6. The molecule has 0 amide bonds. The van der Waals surface area contributed by atoms with Gasteiger partial charge in [0.05, 0.1) is 17.2 Å². The zero-order chi connectivity index (χ0) is 15.2. The second-order valence-electron chi connectivity index (χ2n) is 4.32. The smallest absolute Gasteiger partial charge is 0.383 e. The molecule has 0 spiro atoms. The zero-order valence-electron chi connectivity index (χ0n) is 11.6. The van der Waals surface area contributed by atoms with Crippen molar-refractivity contribution < 1.29 is 13.2 Å². The summed E-state index contributed by atoms with van der Waals surface area (Å²) in [5.74, 6) is 0. The van der Waals surface area contributed by atoms with Gasteiger partial charge in [-0.1, -0.05) is 13.8 Å². The molecule has 0 aliphatic heterocycles. The van der Waals surface area contributed by atoms with Crippen LogP contribution in [-0.2, 0) is 6.18 Å². The maximum Gasteiger partial charge on any atom is 0.418 e. The van der Waals surface area contributed by atoms with E-state index in [2.05, 4.69) is 10.2 Å². The van der Waals surface area contributed by atoms with Crippen LogP contribution in [0.3, 0.4) is 0 Å². The minimum Gasteiger partial charge on any atom is -0.383 e. The molecular weight excluding hydrogens is 267 g/mol. The molecule has 110 valence electrons. The topological polar surface area (TPSA) is 39.1 Å². The normalized spacial score (nSPS) is 11.4. The number of anilines is 1. The lowest BCUT2D eigenvalue weighted by atomic mass is 10.1. The Morgan fingerprint density at radius 1 is 1.25 bits per heavy atom. The minimum absolute atomic E-state index is 0.00613. The van der Waals surface area contributed by atoms with E-state index in [1.807, 2.05) is 13.8 Å². The Morgan fingerprint density at radius 3 is 2.40 bits per heavy atom. The average Bonchev–Trinajstić information content (AvgIpc) is 2.42. The third-order valence-electron chi connectivity index (χ3n) is 3.09. The lowest BCUT2D eigenvalue weighted by Gasteiger charge is -2.20. The van der Waals surface area contributed by atoms with Gasteiger partial charge in [-0.3, -0.25) is 0 Å². The van der Waals surface area contributed by atoms with Gasteiger partial charge in [0, 0.05) is 18.8 Å².